The molecule has 3 heterocycles. The lowest BCUT2D eigenvalue weighted by atomic mass is 9.93. The monoisotopic (exact) mass is 471 g/mol. The summed E-state index contributed by atoms with van der Waals surface area (Å²) in [6, 6.07) is 13.9. The molecule has 4 aromatic rings. The molecule has 0 saturated heterocycles. The van der Waals surface area contributed by atoms with Gasteiger partial charge < -0.3 is 16.2 Å². The molecule has 174 valence electrons. The molecule has 0 saturated carbocycles. The number of hydrogen-bond acceptors (Lipinski definition) is 7. The fourth-order valence-corrected chi connectivity index (χ4v) is 4.21. The predicted octanol–water partition coefficient (Wildman–Crippen LogP) is 4.49. The molecule has 2 unspecified atom stereocenters. The molecule has 0 spiro atoms. The lowest BCUT2D eigenvalue weighted by molar-refractivity contribution is 0.0726. The van der Waals surface area contributed by atoms with Crippen molar-refractivity contribution in [2.45, 2.75) is 38.8 Å². The number of fused-ring (bicyclic) bond motifs is 1. The number of pyridine rings is 1. The average molecular weight is 472 g/mol. The second-order valence-electron chi connectivity index (χ2n) is 8.84. The lowest BCUT2D eigenvalue weighted by Crippen LogP contribution is -2.31. The minimum absolute atomic E-state index is 0.00948. The van der Waals surface area contributed by atoms with Gasteiger partial charge in [0.15, 0.2) is 5.82 Å². The minimum Gasteiger partial charge on any atom is -0.378 e. The van der Waals surface area contributed by atoms with Crippen LogP contribution in [0.5, 0.6) is 0 Å². The van der Waals surface area contributed by atoms with E-state index in [0.717, 1.165) is 33.6 Å². The lowest BCUT2D eigenvalue weighted by Gasteiger charge is -2.20. The SMILES string of the molecule is CC(C)C(C)(O)C#Cc1csc2c(NCC(N)Cc3ccccc3)nc(-c3ccncc3)nc12. The van der Waals surface area contributed by atoms with E-state index < -0.39 is 5.60 Å². The van der Waals surface area contributed by atoms with Crippen molar-refractivity contribution in [3.8, 4) is 23.2 Å². The maximum atomic E-state index is 10.6. The molecule has 0 aliphatic rings. The van der Waals surface area contributed by atoms with Crippen LogP contribution < -0.4 is 11.1 Å². The molecule has 0 aliphatic heterocycles. The van der Waals surface area contributed by atoms with Gasteiger partial charge in [0, 0.05) is 35.9 Å². The van der Waals surface area contributed by atoms with E-state index in [4.69, 9.17) is 15.7 Å². The van der Waals surface area contributed by atoms with E-state index in [9.17, 15) is 5.11 Å². The Kier molecular flexibility index (Phi) is 7.23. The van der Waals surface area contributed by atoms with Crippen LogP contribution in [0, 0.1) is 17.8 Å². The number of nitrogens with zero attached hydrogens (tertiary/aromatic N) is 3. The number of nitrogens with one attached hydrogen (secondary N) is 1. The van der Waals surface area contributed by atoms with Crippen LogP contribution in [0.1, 0.15) is 31.9 Å². The first-order valence-corrected chi connectivity index (χ1v) is 12.2. The quantitative estimate of drug-likeness (QED) is 0.344. The van der Waals surface area contributed by atoms with Crippen LogP contribution >= 0.6 is 11.3 Å². The summed E-state index contributed by atoms with van der Waals surface area (Å²) < 4.78 is 0.915. The Hall–Kier alpha value is -3.31. The molecule has 4 N–H and O–H groups in total. The van der Waals surface area contributed by atoms with E-state index in [1.54, 1.807) is 19.3 Å². The maximum Gasteiger partial charge on any atom is 0.162 e. The van der Waals surface area contributed by atoms with E-state index in [-0.39, 0.29) is 12.0 Å². The van der Waals surface area contributed by atoms with Gasteiger partial charge in [0.2, 0.25) is 0 Å². The Morgan fingerprint density at radius 2 is 1.85 bits per heavy atom. The normalized spacial score (nSPS) is 13.8. The first-order chi connectivity index (χ1) is 16.3. The fourth-order valence-electron chi connectivity index (χ4n) is 3.31. The summed E-state index contributed by atoms with van der Waals surface area (Å²) >= 11 is 1.53. The van der Waals surface area contributed by atoms with E-state index in [0.29, 0.717) is 12.4 Å². The average Bonchev–Trinajstić information content (AvgIpc) is 3.25. The van der Waals surface area contributed by atoms with Crippen LogP contribution in [0.3, 0.4) is 0 Å². The van der Waals surface area contributed by atoms with E-state index in [1.165, 1.54) is 16.9 Å². The summed E-state index contributed by atoms with van der Waals surface area (Å²) in [6.07, 6.45) is 4.21. The van der Waals surface area contributed by atoms with Gasteiger partial charge in [0.05, 0.1) is 10.3 Å². The number of nitrogens with two attached hydrogens (primary N) is 1. The molecular weight excluding hydrogens is 442 g/mol. The van der Waals surface area contributed by atoms with Crippen molar-refractivity contribution < 1.29 is 5.11 Å². The van der Waals surface area contributed by atoms with Gasteiger partial charge in [-0.2, -0.15) is 0 Å². The van der Waals surface area contributed by atoms with Crippen molar-refractivity contribution in [2.24, 2.45) is 11.7 Å². The zero-order valence-corrected chi connectivity index (χ0v) is 20.4. The third-order valence-electron chi connectivity index (χ3n) is 5.80. The van der Waals surface area contributed by atoms with Gasteiger partial charge in [-0.1, -0.05) is 56.0 Å². The van der Waals surface area contributed by atoms with Gasteiger partial charge in [-0.3, -0.25) is 4.98 Å². The summed E-state index contributed by atoms with van der Waals surface area (Å²) in [5, 5.41) is 16.0. The Morgan fingerprint density at radius 3 is 2.56 bits per heavy atom. The first-order valence-electron chi connectivity index (χ1n) is 11.3. The largest absolute Gasteiger partial charge is 0.378 e. The van der Waals surface area contributed by atoms with Gasteiger partial charge in [-0.15, -0.1) is 11.3 Å². The van der Waals surface area contributed by atoms with Gasteiger partial charge in [-0.25, -0.2) is 9.97 Å². The Morgan fingerprint density at radius 1 is 1.12 bits per heavy atom. The maximum absolute atomic E-state index is 10.6. The molecule has 7 heteroatoms. The molecule has 6 nitrogen and oxygen atoms in total. The molecule has 0 amide bonds. The molecule has 0 bridgehead atoms. The molecule has 0 aliphatic carbocycles. The summed E-state index contributed by atoms with van der Waals surface area (Å²) in [4.78, 5) is 13.7. The van der Waals surface area contributed by atoms with Crippen LogP contribution in [0.25, 0.3) is 21.6 Å². The molecular formula is C27H29N5OS. The van der Waals surface area contributed by atoms with E-state index in [2.05, 4.69) is 34.3 Å². The number of hydrogen-bond donors (Lipinski definition) is 3. The number of benzene rings is 1. The van der Waals surface area contributed by atoms with Crippen molar-refractivity contribution in [1.29, 1.82) is 0 Å². The molecule has 2 atom stereocenters. The minimum atomic E-state index is -1.08. The Bertz CT molecular complexity index is 1310. The van der Waals surface area contributed by atoms with Gasteiger partial charge in [0.25, 0.3) is 0 Å². The number of aromatic nitrogens is 3. The number of rotatable bonds is 7. The van der Waals surface area contributed by atoms with Gasteiger partial charge in [0.1, 0.15) is 16.9 Å². The molecule has 0 fully saturated rings. The standard InChI is InChI=1S/C27H29N5OS/c1-18(2)27(3,33)12-9-21-17-34-24-23(21)31-25(20-10-13-29-14-11-20)32-26(24)30-16-22(28)15-19-7-5-4-6-8-19/h4-8,10-11,13-14,17-18,22,33H,15-16,28H2,1-3H3,(H,30,31,32). The number of anilines is 1. The zero-order chi connectivity index (χ0) is 24.1. The Balaban J connectivity index is 1.68. The van der Waals surface area contributed by atoms with Crippen LogP contribution in [0.4, 0.5) is 5.82 Å². The van der Waals surface area contributed by atoms with Crippen molar-refractivity contribution in [1.82, 2.24) is 15.0 Å². The first kappa shape index (κ1) is 23.8. The third kappa shape index (κ3) is 5.60. The van der Waals surface area contributed by atoms with Gasteiger partial charge >= 0.3 is 0 Å². The predicted molar refractivity (Wildman–Crippen MR) is 140 cm³/mol. The van der Waals surface area contributed by atoms with Crippen LogP contribution in [0.15, 0.2) is 60.2 Å². The van der Waals surface area contributed by atoms with Crippen molar-refractivity contribution in [2.75, 3.05) is 11.9 Å². The molecule has 3 aromatic heterocycles. The third-order valence-corrected chi connectivity index (χ3v) is 6.78. The van der Waals surface area contributed by atoms with Crippen LogP contribution in [-0.2, 0) is 6.42 Å². The topological polar surface area (TPSA) is 97.0 Å². The summed E-state index contributed by atoms with van der Waals surface area (Å²) in [5.41, 5.74) is 8.94. The number of thiophene rings is 1. The summed E-state index contributed by atoms with van der Waals surface area (Å²) in [5.74, 6) is 7.49. The number of aliphatic hydroxyl groups is 1. The van der Waals surface area contributed by atoms with E-state index >= 15 is 0 Å². The van der Waals surface area contributed by atoms with Crippen molar-refractivity contribution in [3.63, 3.8) is 0 Å². The van der Waals surface area contributed by atoms with Crippen molar-refractivity contribution in [3.05, 3.63) is 71.4 Å². The fraction of sp³-hybridized carbons (Fsp3) is 0.296. The molecule has 34 heavy (non-hydrogen) atoms. The smallest absolute Gasteiger partial charge is 0.162 e. The summed E-state index contributed by atoms with van der Waals surface area (Å²) in [7, 11) is 0. The highest BCUT2D eigenvalue weighted by atomic mass is 32.1. The van der Waals surface area contributed by atoms with Crippen LogP contribution in [0.2, 0.25) is 0 Å². The molecule has 4 rings (SSSR count). The second-order valence-corrected chi connectivity index (χ2v) is 9.72. The molecule has 0 radical (unpaired) electrons. The highest BCUT2D eigenvalue weighted by molar-refractivity contribution is 7.18. The zero-order valence-electron chi connectivity index (χ0n) is 19.6. The second kappa shape index (κ2) is 10.3. The highest BCUT2D eigenvalue weighted by Crippen LogP contribution is 2.32. The molecule has 1 aromatic carbocycles. The van der Waals surface area contributed by atoms with Gasteiger partial charge in [-0.05, 0) is 37.0 Å². The van der Waals surface area contributed by atoms with Crippen molar-refractivity contribution >= 4 is 27.4 Å². The van der Waals surface area contributed by atoms with E-state index in [1.807, 2.05) is 49.6 Å². The Labute approximate surface area is 204 Å². The summed E-state index contributed by atoms with van der Waals surface area (Å²) in [6.45, 7) is 6.20. The van der Waals surface area contributed by atoms with Crippen LogP contribution in [-0.4, -0.2) is 38.2 Å². The highest BCUT2D eigenvalue weighted by Gasteiger charge is 2.22.